The zero-order valence-corrected chi connectivity index (χ0v) is 11.7. The Morgan fingerprint density at radius 3 is 2.63 bits per heavy atom. The Labute approximate surface area is 114 Å². The predicted molar refractivity (Wildman–Crippen MR) is 76.0 cm³/mol. The lowest BCUT2D eigenvalue weighted by molar-refractivity contribution is 0.174. The van der Waals surface area contributed by atoms with Crippen LogP contribution in [0.2, 0.25) is 0 Å². The normalized spacial score (nSPS) is 16.9. The van der Waals surface area contributed by atoms with Crippen molar-refractivity contribution in [1.82, 2.24) is 9.97 Å². The van der Waals surface area contributed by atoms with Crippen molar-refractivity contribution >= 4 is 5.82 Å². The molecular formula is C14H24N4O. The number of aromatic nitrogens is 2. The molecule has 2 rings (SSSR count). The second-order valence-corrected chi connectivity index (χ2v) is 5.13. The summed E-state index contributed by atoms with van der Waals surface area (Å²) in [5.41, 5.74) is 3.64. The molecule has 1 saturated carbocycles. The molecule has 0 spiro atoms. The van der Waals surface area contributed by atoms with Gasteiger partial charge < -0.3 is 10.2 Å². The maximum Gasteiger partial charge on any atom is 0.222 e. The molecule has 0 amide bonds. The van der Waals surface area contributed by atoms with E-state index in [-0.39, 0.29) is 0 Å². The van der Waals surface area contributed by atoms with Gasteiger partial charge in [0, 0.05) is 0 Å². The Morgan fingerprint density at radius 1 is 1.26 bits per heavy atom. The number of nitrogen functional groups attached to an aromatic ring is 1. The van der Waals surface area contributed by atoms with Crippen LogP contribution in [-0.2, 0) is 6.42 Å². The molecule has 0 unspecified atom stereocenters. The van der Waals surface area contributed by atoms with E-state index < -0.39 is 0 Å². The highest BCUT2D eigenvalue weighted by Crippen LogP contribution is 2.27. The van der Waals surface area contributed by atoms with Crippen LogP contribution in [0.3, 0.4) is 0 Å². The maximum atomic E-state index is 6.11. The van der Waals surface area contributed by atoms with Gasteiger partial charge in [-0.2, -0.15) is 0 Å². The van der Waals surface area contributed by atoms with Crippen LogP contribution in [0.4, 0.5) is 5.82 Å². The summed E-state index contributed by atoms with van der Waals surface area (Å²) in [5, 5.41) is 0. The molecule has 0 radical (unpaired) electrons. The zero-order valence-electron chi connectivity index (χ0n) is 11.7. The van der Waals surface area contributed by atoms with E-state index in [0.717, 1.165) is 31.2 Å². The van der Waals surface area contributed by atoms with Crippen molar-refractivity contribution in [2.45, 2.75) is 64.4 Å². The molecule has 0 aliphatic heterocycles. The first-order valence-corrected chi connectivity index (χ1v) is 7.32. The molecule has 5 nitrogen and oxygen atoms in total. The monoisotopic (exact) mass is 264 g/mol. The minimum absolute atomic E-state index is 0.290. The lowest BCUT2D eigenvalue weighted by Gasteiger charge is -2.19. The standard InChI is InChI=1S/C14H24N4O/c1-2-7-12-13(18-15)16-10-17-14(12)19-11-8-5-3-4-6-9-11/h10-11H,2-9,15H2,1H3,(H,16,17,18). The van der Waals surface area contributed by atoms with Crippen molar-refractivity contribution in [3.63, 3.8) is 0 Å². The molecule has 0 atom stereocenters. The first-order valence-electron chi connectivity index (χ1n) is 7.32. The lowest BCUT2D eigenvalue weighted by Crippen LogP contribution is -2.19. The van der Waals surface area contributed by atoms with Crippen LogP contribution in [0.25, 0.3) is 0 Å². The van der Waals surface area contributed by atoms with Crippen molar-refractivity contribution in [2.75, 3.05) is 5.43 Å². The Hall–Kier alpha value is -1.36. The van der Waals surface area contributed by atoms with Crippen molar-refractivity contribution in [2.24, 2.45) is 5.84 Å². The third-order valence-corrected chi connectivity index (χ3v) is 3.62. The molecule has 0 saturated heterocycles. The quantitative estimate of drug-likeness (QED) is 0.486. The molecule has 3 N–H and O–H groups in total. The van der Waals surface area contributed by atoms with Crippen LogP contribution in [0.1, 0.15) is 57.4 Å². The summed E-state index contributed by atoms with van der Waals surface area (Å²) in [4.78, 5) is 8.46. The fraction of sp³-hybridized carbons (Fsp3) is 0.714. The van der Waals surface area contributed by atoms with Gasteiger partial charge in [-0.05, 0) is 32.1 Å². The van der Waals surface area contributed by atoms with E-state index >= 15 is 0 Å². The smallest absolute Gasteiger partial charge is 0.222 e. The number of nitrogens with zero attached hydrogens (tertiary/aromatic N) is 2. The van der Waals surface area contributed by atoms with E-state index in [1.165, 1.54) is 32.0 Å². The van der Waals surface area contributed by atoms with Gasteiger partial charge in [0.05, 0.1) is 5.56 Å². The number of rotatable bonds is 5. The molecule has 5 heteroatoms. The van der Waals surface area contributed by atoms with Crippen LogP contribution in [-0.4, -0.2) is 16.1 Å². The number of anilines is 1. The molecule has 1 aromatic rings. The van der Waals surface area contributed by atoms with Crippen molar-refractivity contribution < 1.29 is 4.74 Å². The van der Waals surface area contributed by atoms with Crippen LogP contribution in [0.5, 0.6) is 5.88 Å². The summed E-state index contributed by atoms with van der Waals surface area (Å²) in [6.07, 6.45) is 11.1. The van der Waals surface area contributed by atoms with Crippen molar-refractivity contribution in [3.05, 3.63) is 11.9 Å². The second-order valence-electron chi connectivity index (χ2n) is 5.13. The molecule has 1 fully saturated rings. The van der Waals surface area contributed by atoms with Crippen LogP contribution >= 0.6 is 0 Å². The summed E-state index contributed by atoms with van der Waals surface area (Å²) >= 11 is 0. The van der Waals surface area contributed by atoms with E-state index in [0.29, 0.717) is 17.8 Å². The summed E-state index contributed by atoms with van der Waals surface area (Å²) in [7, 11) is 0. The van der Waals surface area contributed by atoms with E-state index in [9.17, 15) is 0 Å². The molecule has 1 aliphatic carbocycles. The maximum absolute atomic E-state index is 6.11. The summed E-state index contributed by atoms with van der Waals surface area (Å²) in [6, 6.07) is 0. The molecule has 19 heavy (non-hydrogen) atoms. The number of ether oxygens (including phenoxy) is 1. The number of hydrogen-bond acceptors (Lipinski definition) is 5. The molecule has 0 aromatic carbocycles. The van der Waals surface area contributed by atoms with E-state index in [1.807, 2.05) is 0 Å². The topological polar surface area (TPSA) is 73.1 Å². The number of nitrogens with two attached hydrogens (primary N) is 1. The van der Waals surface area contributed by atoms with E-state index in [1.54, 1.807) is 0 Å². The van der Waals surface area contributed by atoms with Gasteiger partial charge >= 0.3 is 0 Å². The van der Waals surface area contributed by atoms with Gasteiger partial charge in [-0.15, -0.1) is 0 Å². The Balaban J connectivity index is 2.13. The van der Waals surface area contributed by atoms with Crippen LogP contribution < -0.4 is 16.0 Å². The molecule has 0 bridgehead atoms. The lowest BCUT2D eigenvalue weighted by atomic mass is 10.1. The fourth-order valence-corrected chi connectivity index (χ4v) is 2.62. The number of hydrazine groups is 1. The molecule has 1 aromatic heterocycles. The molecule has 1 heterocycles. The van der Waals surface area contributed by atoms with Gasteiger partial charge in [-0.1, -0.05) is 26.2 Å². The fourth-order valence-electron chi connectivity index (χ4n) is 2.62. The average Bonchev–Trinajstić information content (AvgIpc) is 2.69. The first-order chi connectivity index (χ1) is 9.35. The Bertz CT molecular complexity index is 389. The number of nitrogens with one attached hydrogen (secondary N) is 1. The summed E-state index contributed by atoms with van der Waals surface area (Å²) in [6.45, 7) is 2.13. The number of hydrogen-bond donors (Lipinski definition) is 2. The Morgan fingerprint density at radius 2 is 2.00 bits per heavy atom. The average molecular weight is 264 g/mol. The van der Waals surface area contributed by atoms with Gasteiger partial charge in [0.25, 0.3) is 0 Å². The molecule has 106 valence electrons. The molecular weight excluding hydrogens is 240 g/mol. The third kappa shape index (κ3) is 3.80. The van der Waals surface area contributed by atoms with Gasteiger partial charge in [0.1, 0.15) is 18.2 Å². The van der Waals surface area contributed by atoms with Crippen LogP contribution in [0, 0.1) is 0 Å². The summed E-state index contributed by atoms with van der Waals surface area (Å²) < 4.78 is 6.11. The Kier molecular flexibility index (Phi) is 5.39. The van der Waals surface area contributed by atoms with Gasteiger partial charge in [-0.25, -0.2) is 15.8 Å². The highest BCUT2D eigenvalue weighted by molar-refractivity contribution is 5.47. The largest absolute Gasteiger partial charge is 0.474 e. The minimum Gasteiger partial charge on any atom is -0.474 e. The SMILES string of the molecule is CCCc1c(NN)ncnc1OC1CCCCCC1. The van der Waals surface area contributed by atoms with E-state index in [4.69, 9.17) is 10.6 Å². The van der Waals surface area contributed by atoms with Crippen LogP contribution in [0.15, 0.2) is 6.33 Å². The first kappa shape index (κ1) is 14.1. The highest BCUT2D eigenvalue weighted by atomic mass is 16.5. The molecule has 1 aliphatic rings. The summed E-state index contributed by atoms with van der Waals surface area (Å²) in [5.74, 6) is 6.90. The van der Waals surface area contributed by atoms with Gasteiger partial charge in [-0.3, -0.25) is 0 Å². The second kappa shape index (κ2) is 7.28. The minimum atomic E-state index is 0.290. The van der Waals surface area contributed by atoms with Gasteiger partial charge in [0.15, 0.2) is 0 Å². The third-order valence-electron chi connectivity index (χ3n) is 3.62. The van der Waals surface area contributed by atoms with Gasteiger partial charge in [0.2, 0.25) is 5.88 Å². The highest BCUT2D eigenvalue weighted by Gasteiger charge is 2.18. The van der Waals surface area contributed by atoms with Crippen molar-refractivity contribution in [1.29, 1.82) is 0 Å². The predicted octanol–water partition coefficient (Wildman–Crippen LogP) is 2.82. The van der Waals surface area contributed by atoms with Crippen molar-refractivity contribution in [3.8, 4) is 5.88 Å². The zero-order chi connectivity index (χ0) is 13.5. The van der Waals surface area contributed by atoms with E-state index in [2.05, 4.69) is 22.3 Å².